The fraction of sp³-hybridized carbons (Fsp3) is 0.333. The molecule has 7 heteroatoms. The molecule has 1 aromatic carbocycles. The van der Waals surface area contributed by atoms with Crippen molar-refractivity contribution >= 4 is 35.2 Å². The standard InChI is InChI=1S/C15H16Cl2N2O3/c1-4-22-14(20)11-8(2)19(3)15(21)18-13(11)12-9(16)6-5-7-10(12)17/h5-7,13H,4H2,1-3H3,(H,18,21)/t13-/m0/s1. The molecule has 2 rings (SSSR count). The van der Waals surface area contributed by atoms with E-state index in [9.17, 15) is 9.59 Å². The molecule has 118 valence electrons. The Morgan fingerprint density at radius 3 is 2.50 bits per heavy atom. The molecule has 22 heavy (non-hydrogen) atoms. The number of hydrogen-bond acceptors (Lipinski definition) is 3. The SMILES string of the molecule is CCOC(=O)C1=C(C)N(C)C(=O)N[C@@H]1c1c(Cl)cccc1Cl. The lowest BCUT2D eigenvalue weighted by molar-refractivity contribution is -0.139. The summed E-state index contributed by atoms with van der Waals surface area (Å²) >= 11 is 12.4. The monoisotopic (exact) mass is 342 g/mol. The molecule has 0 unspecified atom stereocenters. The first kappa shape index (κ1) is 16.6. The molecular weight excluding hydrogens is 327 g/mol. The van der Waals surface area contributed by atoms with Gasteiger partial charge in [0.1, 0.15) is 0 Å². The van der Waals surface area contributed by atoms with Crippen LogP contribution in [0, 0.1) is 0 Å². The maximum absolute atomic E-state index is 12.3. The van der Waals surface area contributed by atoms with E-state index < -0.39 is 12.0 Å². The number of amides is 2. The molecule has 0 aromatic heterocycles. The van der Waals surface area contributed by atoms with Crippen molar-refractivity contribution in [3.05, 3.63) is 45.1 Å². The largest absolute Gasteiger partial charge is 0.463 e. The molecule has 0 fully saturated rings. The Bertz CT molecular complexity index is 638. The van der Waals surface area contributed by atoms with Crippen LogP contribution in [0.5, 0.6) is 0 Å². The molecule has 1 aliphatic heterocycles. The van der Waals surface area contributed by atoms with Gasteiger partial charge in [0.15, 0.2) is 0 Å². The molecule has 2 amide bonds. The van der Waals surface area contributed by atoms with E-state index in [0.29, 0.717) is 26.9 Å². The zero-order valence-electron chi connectivity index (χ0n) is 12.4. The number of hydrogen-bond donors (Lipinski definition) is 1. The Morgan fingerprint density at radius 1 is 1.36 bits per heavy atom. The van der Waals surface area contributed by atoms with Crippen LogP contribution >= 0.6 is 23.2 Å². The van der Waals surface area contributed by atoms with E-state index in [4.69, 9.17) is 27.9 Å². The number of nitrogens with one attached hydrogen (secondary N) is 1. The molecule has 1 heterocycles. The molecule has 1 aliphatic rings. The minimum absolute atomic E-state index is 0.232. The molecule has 1 N–H and O–H groups in total. The van der Waals surface area contributed by atoms with Gasteiger partial charge in [-0.25, -0.2) is 9.59 Å². The van der Waals surface area contributed by atoms with Crippen LogP contribution in [0.3, 0.4) is 0 Å². The number of benzene rings is 1. The smallest absolute Gasteiger partial charge is 0.338 e. The van der Waals surface area contributed by atoms with E-state index in [-0.39, 0.29) is 12.6 Å². The highest BCUT2D eigenvalue weighted by molar-refractivity contribution is 6.36. The third-order valence-corrected chi connectivity index (χ3v) is 4.20. The number of nitrogens with zero attached hydrogens (tertiary/aromatic N) is 1. The average Bonchev–Trinajstić information content (AvgIpc) is 2.45. The predicted octanol–water partition coefficient (Wildman–Crippen LogP) is 3.53. The summed E-state index contributed by atoms with van der Waals surface area (Å²) in [5.74, 6) is -0.507. The summed E-state index contributed by atoms with van der Waals surface area (Å²) < 4.78 is 5.11. The van der Waals surface area contributed by atoms with Gasteiger partial charge in [-0.3, -0.25) is 0 Å². The highest BCUT2D eigenvalue weighted by Crippen LogP contribution is 2.38. The lowest BCUT2D eigenvalue weighted by Crippen LogP contribution is -2.46. The number of rotatable bonds is 3. The van der Waals surface area contributed by atoms with Gasteiger partial charge in [0, 0.05) is 28.4 Å². The van der Waals surface area contributed by atoms with Crippen LogP contribution in [0.4, 0.5) is 4.79 Å². The number of carbonyl (C=O) groups excluding carboxylic acids is 2. The van der Waals surface area contributed by atoms with Crippen molar-refractivity contribution in [2.24, 2.45) is 0 Å². The fourth-order valence-electron chi connectivity index (χ4n) is 2.31. The molecule has 0 bridgehead atoms. The van der Waals surface area contributed by atoms with Crippen LogP contribution in [0.15, 0.2) is 29.5 Å². The zero-order chi connectivity index (χ0) is 16.4. The van der Waals surface area contributed by atoms with Crippen molar-refractivity contribution < 1.29 is 14.3 Å². The quantitative estimate of drug-likeness (QED) is 0.855. The Labute approximate surface area is 138 Å². The summed E-state index contributed by atoms with van der Waals surface area (Å²) in [4.78, 5) is 25.8. The maximum atomic E-state index is 12.3. The van der Waals surface area contributed by atoms with Crippen LogP contribution in [0.2, 0.25) is 10.0 Å². The Kier molecular flexibility index (Phi) is 4.98. The van der Waals surface area contributed by atoms with Crippen LogP contribution < -0.4 is 5.32 Å². The number of carbonyl (C=O) groups is 2. The van der Waals surface area contributed by atoms with Gasteiger partial charge in [0.25, 0.3) is 0 Å². The van der Waals surface area contributed by atoms with Crippen LogP contribution in [-0.2, 0) is 9.53 Å². The molecule has 0 saturated heterocycles. The molecule has 5 nitrogen and oxygen atoms in total. The highest BCUT2D eigenvalue weighted by atomic mass is 35.5. The van der Waals surface area contributed by atoms with E-state index >= 15 is 0 Å². The van der Waals surface area contributed by atoms with E-state index in [1.165, 1.54) is 4.90 Å². The molecular formula is C15H16Cl2N2O3. The van der Waals surface area contributed by atoms with E-state index in [2.05, 4.69) is 5.32 Å². The van der Waals surface area contributed by atoms with E-state index in [0.717, 1.165) is 0 Å². The fourth-order valence-corrected chi connectivity index (χ4v) is 2.93. The van der Waals surface area contributed by atoms with Crippen LogP contribution in [0.25, 0.3) is 0 Å². The minimum atomic E-state index is -0.746. The second-order valence-electron chi connectivity index (χ2n) is 4.80. The van der Waals surface area contributed by atoms with Gasteiger partial charge in [0.05, 0.1) is 18.2 Å². The predicted molar refractivity (Wildman–Crippen MR) is 84.8 cm³/mol. The molecule has 0 aliphatic carbocycles. The maximum Gasteiger partial charge on any atom is 0.338 e. The second-order valence-corrected chi connectivity index (χ2v) is 5.61. The second kappa shape index (κ2) is 6.58. The Morgan fingerprint density at radius 2 is 1.95 bits per heavy atom. The summed E-state index contributed by atoms with van der Waals surface area (Å²) in [6, 6.07) is 3.93. The zero-order valence-corrected chi connectivity index (χ0v) is 14.0. The van der Waals surface area contributed by atoms with Gasteiger partial charge in [-0.05, 0) is 26.0 Å². The van der Waals surface area contributed by atoms with Gasteiger partial charge in [-0.15, -0.1) is 0 Å². The first-order valence-electron chi connectivity index (χ1n) is 6.74. The minimum Gasteiger partial charge on any atom is -0.463 e. The first-order valence-corrected chi connectivity index (χ1v) is 7.50. The summed E-state index contributed by atoms with van der Waals surface area (Å²) in [5.41, 5.74) is 1.30. The molecule has 0 radical (unpaired) electrons. The van der Waals surface area contributed by atoms with Crippen molar-refractivity contribution in [3.63, 3.8) is 0 Å². The Balaban J connectivity index is 2.61. The van der Waals surface area contributed by atoms with Crippen LogP contribution in [0.1, 0.15) is 25.5 Å². The lowest BCUT2D eigenvalue weighted by atomic mass is 9.95. The average molecular weight is 343 g/mol. The normalized spacial score (nSPS) is 18.3. The van der Waals surface area contributed by atoms with E-state index in [1.54, 1.807) is 39.1 Å². The third kappa shape index (κ3) is 2.91. The summed E-state index contributed by atoms with van der Waals surface area (Å²) in [6.07, 6.45) is 0. The van der Waals surface area contributed by atoms with E-state index in [1.807, 2.05) is 0 Å². The number of urea groups is 1. The summed E-state index contributed by atoms with van der Waals surface area (Å²) in [7, 11) is 1.58. The summed E-state index contributed by atoms with van der Waals surface area (Å²) in [6.45, 7) is 3.63. The molecule has 1 atom stereocenters. The van der Waals surface area contributed by atoms with Gasteiger partial charge < -0.3 is 15.0 Å². The van der Waals surface area contributed by atoms with Crippen molar-refractivity contribution in [2.45, 2.75) is 19.9 Å². The molecule has 0 saturated carbocycles. The topological polar surface area (TPSA) is 58.6 Å². The number of ether oxygens (including phenoxy) is 1. The lowest BCUT2D eigenvalue weighted by Gasteiger charge is -2.33. The van der Waals surface area contributed by atoms with Crippen molar-refractivity contribution in [2.75, 3.05) is 13.7 Å². The summed E-state index contributed by atoms with van der Waals surface area (Å²) in [5, 5.41) is 3.49. The van der Waals surface area contributed by atoms with Gasteiger partial charge >= 0.3 is 12.0 Å². The molecule has 0 spiro atoms. The Hall–Kier alpha value is -1.72. The third-order valence-electron chi connectivity index (χ3n) is 3.54. The van der Waals surface area contributed by atoms with Crippen LogP contribution in [-0.4, -0.2) is 30.6 Å². The van der Waals surface area contributed by atoms with Crippen molar-refractivity contribution in [1.82, 2.24) is 10.2 Å². The number of esters is 1. The highest BCUT2D eigenvalue weighted by Gasteiger charge is 2.36. The van der Waals surface area contributed by atoms with Crippen molar-refractivity contribution in [1.29, 1.82) is 0 Å². The van der Waals surface area contributed by atoms with Gasteiger partial charge in [0.2, 0.25) is 0 Å². The van der Waals surface area contributed by atoms with Gasteiger partial charge in [-0.1, -0.05) is 29.3 Å². The first-order chi connectivity index (χ1) is 10.4. The van der Waals surface area contributed by atoms with Crippen molar-refractivity contribution in [3.8, 4) is 0 Å². The number of halogens is 2. The van der Waals surface area contributed by atoms with Gasteiger partial charge in [-0.2, -0.15) is 0 Å². The number of allylic oxidation sites excluding steroid dienone is 1. The molecule has 1 aromatic rings.